The molecule has 3 heterocycles. The molecule has 5 aromatic rings. The Morgan fingerprint density at radius 2 is 1.57 bits per heavy atom. The van der Waals surface area contributed by atoms with Crippen molar-refractivity contribution < 1.29 is 32.5 Å². The van der Waals surface area contributed by atoms with Crippen molar-refractivity contribution in [2.75, 3.05) is 27.3 Å². The van der Waals surface area contributed by atoms with Crippen LogP contribution in [0, 0.1) is 5.92 Å². The fraction of sp³-hybridized carbons (Fsp3) is 0.325. The van der Waals surface area contributed by atoms with Crippen LogP contribution >= 0.6 is 0 Å². The van der Waals surface area contributed by atoms with Crippen LogP contribution in [0.1, 0.15) is 52.7 Å². The number of aromatic nitrogens is 1. The number of nitrogens with zero attached hydrogens (tertiary/aromatic N) is 2. The van der Waals surface area contributed by atoms with Gasteiger partial charge in [-0.25, -0.2) is 13.1 Å². The number of hydrogen-bond donors (Lipinski definition) is 2. The maximum Gasteiger partial charge on any atom is 0.243 e. The minimum Gasteiger partial charge on any atom is -0.493 e. The standard InChI is InChI=1S/C40H43N3O7S/c1-26-36(24-43-19-17-32-20-34(47-2)35(48-3)21-33(32)23-43)49-40(50-39(26)30-13-11-28(25-44)12-14-30)31-15-9-27(10-16-31)22-42-51(45,46)37-8-4-6-29-7-5-18-41-38(29)37/h4-16,18,20-21,26,36,39-40,42,44H,17,19,22-25H2,1-3H3/t26-,36+,39+,40?/m0/s1. The summed E-state index contributed by atoms with van der Waals surface area (Å²) >= 11 is 0. The Labute approximate surface area is 299 Å². The first-order valence-corrected chi connectivity index (χ1v) is 18.6. The van der Waals surface area contributed by atoms with Gasteiger partial charge in [-0.05, 0) is 58.5 Å². The Bertz CT molecular complexity index is 2090. The Kier molecular flexibility index (Phi) is 10.4. The van der Waals surface area contributed by atoms with E-state index in [-0.39, 0.29) is 36.2 Å². The van der Waals surface area contributed by atoms with Crippen LogP contribution in [0.25, 0.3) is 10.9 Å². The number of hydrogen-bond acceptors (Lipinski definition) is 9. The first-order valence-electron chi connectivity index (χ1n) is 17.2. The van der Waals surface area contributed by atoms with Crippen molar-refractivity contribution >= 4 is 20.9 Å². The van der Waals surface area contributed by atoms with Gasteiger partial charge < -0.3 is 24.1 Å². The fourth-order valence-corrected chi connectivity index (χ4v) is 8.22. The van der Waals surface area contributed by atoms with E-state index in [2.05, 4.69) is 33.7 Å². The maximum absolute atomic E-state index is 13.3. The van der Waals surface area contributed by atoms with Crippen LogP contribution in [0.5, 0.6) is 11.5 Å². The lowest BCUT2D eigenvalue weighted by molar-refractivity contribution is -0.276. The summed E-state index contributed by atoms with van der Waals surface area (Å²) in [6.07, 6.45) is 1.46. The van der Waals surface area contributed by atoms with Gasteiger partial charge in [-0.15, -0.1) is 0 Å². The Balaban J connectivity index is 1.09. The average Bonchev–Trinajstić information content (AvgIpc) is 3.17. The molecule has 0 aliphatic carbocycles. The van der Waals surface area contributed by atoms with Gasteiger partial charge in [-0.1, -0.05) is 73.7 Å². The zero-order valence-electron chi connectivity index (χ0n) is 29.0. The number of aliphatic hydroxyl groups excluding tert-OH is 1. The molecule has 7 rings (SSSR count). The monoisotopic (exact) mass is 709 g/mol. The molecule has 0 bridgehead atoms. The molecule has 4 aromatic carbocycles. The van der Waals surface area contributed by atoms with Crippen LogP contribution < -0.4 is 14.2 Å². The second-order valence-corrected chi connectivity index (χ2v) is 14.9. The zero-order chi connectivity index (χ0) is 35.5. The van der Waals surface area contributed by atoms with Gasteiger partial charge >= 0.3 is 0 Å². The molecule has 1 saturated heterocycles. The molecule has 1 unspecified atom stereocenters. The van der Waals surface area contributed by atoms with Crippen LogP contribution in [-0.2, 0) is 45.6 Å². The second-order valence-electron chi connectivity index (χ2n) is 13.2. The molecular formula is C40H43N3O7S. The number of ether oxygens (including phenoxy) is 4. The highest BCUT2D eigenvalue weighted by Crippen LogP contribution is 2.42. The predicted octanol–water partition coefficient (Wildman–Crippen LogP) is 6.07. The lowest BCUT2D eigenvalue weighted by atomic mass is 9.89. The van der Waals surface area contributed by atoms with Crippen LogP contribution in [-0.4, -0.2) is 56.8 Å². The largest absolute Gasteiger partial charge is 0.493 e. The number of nitrogens with one attached hydrogen (secondary N) is 1. The topological polar surface area (TPSA) is 119 Å². The second kappa shape index (κ2) is 15.1. The quantitative estimate of drug-likeness (QED) is 0.168. The van der Waals surface area contributed by atoms with Crippen molar-refractivity contribution in [3.05, 3.63) is 131 Å². The van der Waals surface area contributed by atoms with Crippen LogP contribution in [0.3, 0.4) is 0 Å². The summed E-state index contributed by atoms with van der Waals surface area (Å²) in [4.78, 5) is 6.87. The molecule has 51 heavy (non-hydrogen) atoms. The van der Waals surface area contributed by atoms with E-state index in [1.807, 2.05) is 60.7 Å². The number of methoxy groups -OCH3 is 2. The molecule has 0 saturated carbocycles. The summed E-state index contributed by atoms with van der Waals surface area (Å²) in [5.74, 6) is 1.50. The van der Waals surface area contributed by atoms with Crippen LogP contribution in [0.15, 0.2) is 102 Å². The molecule has 2 N–H and O–H groups in total. The number of aliphatic hydroxyl groups is 1. The van der Waals surface area contributed by atoms with Crippen molar-refractivity contribution in [3.63, 3.8) is 0 Å². The van der Waals surface area contributed by atoms with Crippen LogP contribution in [0.4, 0.5) is 0 Å². The highest BCUT2D eigenvalue weighted by molar-refractivity contribution is 7.89. The van der Waals surface area contributed by atoms with Crippen molar-refractivity contribution in [2.24, 2.45) is 5.92 Å². The number of pyridine rings is 1. The molecule has 1 fully saturated rings. The maximum atomic E-state index is 13.3. The molecule has 0 spiro atoms. The molecule has 2 aliphatic rings. The van der Waals surface area contributed by atoms with Gasteiger partial charge in [0.1, 0.15) is 4.90 Å². The highest BCUT2D eigenvalue weighted by Gasteiger charge is 2.39. The van der Waals surface area contributed by atoms with E-state index in [1.54, 1.807) is 38.6 Å². The minimum absolute atomic E-state index is 0.0237. The third-order valence-electron chi connectivity index (χ3n) is 9.96. The first kappa shape index (κ1) is 35.1. The van der Waals surface area contributed by atoms with E-state index in [0.717, 1.165) is 58.6 Å². The smallest absolute Gasteiger partial charge is 0.243 e. The summed E-state index contributed by atoms with van der Waals surface area (Å²) in [5, 5.41) is 10.4. The Hall–Kier alpha value is -4.36. The van der Waals surface area contributed by atoms with E-state index in [4.69, 9.17) is 18.9 Å². The number of rotatable bonds is 11. The molecule has 2 aliphatic heterocycles. The van der Waals surface area contributed by atoms with Gasteiger partial charge in [0.05, 0.1) is 38.6 Å². The van der Waals surface area contributed by atoms with Gasteiger partial charge in [0.15, 0.2) is 17.8 Å². The van der Waals surface area contributed by atoms with Gasteiger partial charge in [-0.3, -0.25) is 9.88 Å². The van der Waals surface area contributed by atoms with Crippen molar-refractivity contribution in [1.29, 1.82) is 0 Å². The minimum atomic E-state index is -3.81. The fourth-order valence-electron chi connectivity index (χ4n) is 7.02. The van der Waals surface area contributed by atoms with E-state index in [0.29, 0.717) is 12.1 Å². The predicted molar refractivity (Wildman–Crippen MR) is 194 cm³/mol. The molecule has 0 amide bonds. The zero-order valence-corrected chi connectivity index (χ0v) is 29.8. The summed E-state index contributed by atoms with van der Waals surface area (Å²) in [5.41, 5.74) is 6.42. The number of benzene rings is 4. The van der Waals surface area contributed by atoms with E-state index in [1.165, 1.54) is 11.1 Å². The third kappa shape index (κ3) is 7.50. The third-order valence-corrected chi connectivity index (χ3v) is 11.4. The molecule has 4 atom stereocenters. The van der Waals surface area contributed by atoms with Crippen molar-refractivity contribution in [2.45, 2.75) is 56.4 Å². The molecule has 11 heteroatoms. The average molecular weight is 710 g/mol. The molecule has 10 nitrogen and oxygen atoms in total. The van der Waals surface area contributed by atoms with Crippen molar-refractivity contribution in [3.8, 4) is 11.5 Å². The van der Waals surface area contributed by atoms with Gasteiger partial charge in [0.25, 0.3) is 0 Å². The molecule has 266 valence electrons. The molecule has 0 radical (unpaired) electrons. The van der Waals surface area contributed by atoms with Gasteiger partial charge in [-0.2, -0.15) is 0 Å². The highest BCUT2D eigenvalue weighted by atomic mass is 32.2. The normalized spacial score (nSPS) is 20.9. The summed E-state index contributed by atoms with van der Waals surface area (Å²) in [6, 6.07) is 28.5. The number of fused-ring (bicyclic) bond motifs is 2. The van der Waals surface area contributed by atoms with Crippen LogP contribution in [0.2, 0.25) is 0 Å². The number of para-hydroxylation sites is 1. The van der Waals surface area contributed by atoms with Gasteiger partial charge in [0, 0.05) is 49.2 Å². The number of sulfonamides is 1. The van der Waals surface area contributed by atoms with E-state index >= 15 is 0 Å². The van der Waals surface area contributed by atoms with E-state index < -0.39 is 16.3 Å². The Morgan fingerprint density at radius 1 is 0.882 bits per heavy atom. The van der Waals surface area contributed by atoms with Gasteiger partial charge in [0.2, 0.25) is 10.0 Å². The SMILES string of the molecule is COc1cc2c(cc1OC)CN(C[C@H]1OC(c3ccc(CNS(=O)(=O)c4cccc5cccnc45)cc3)O[C@@H](c3ccc(CO)cc3)[C@H]1C)CC2. The summed E-state index contributed by atoms with van der Waals surface area (Å²) in [7, 11) is -0.490. The van der Waals surface area contributed by atoms with E-state index in [9.17, 15) is 13.5 Å². The Morgan fingerprint density at radius 3 is 2.29 bits per heavy atom. The summed E-state index contributed by atoms with van der Waals surface area (Å²) < 4.78 is 53.8. The lowest BCUT2D eigenvalue weighted by Crippen LogP contribution is -2.45. The van der Waals surface area contributed by atoms with Crippen molar-refractivity contribution in [1.82, 2.24) is 14.6 Å². The first-order chi connectivity index (χ1) is 24.8. The summed E-state index contributed by atoms with van der Waals surface area (Å²) in [6.45, 7) is 4.62. The lowest BCUT2D eigenvalue weighted by Gasteiger charge is -2.43. The molecule has 1 aromatic heterocycles. The molecular weight excluding hydrogens is 667 g/mol.